The summed E-state index contributed by atoms with van der Waals surface area (Å²) in [5.41, 5.74) is 0. The van der Waals surface area contributed by atoms with Crippen LogP contribution in [-0.4, -0.2) is 6.29 Å². The molecule has 0 aliphatic rings. The summed E-state index contributed by atoms with van der Waals surface area (Å²) in [5.74, 6) is 0.00111. The first-order chi connectivity index (χ1) is 4.35. The number of carbonyl (C=O) groups is 1. The third kappa shape index (κ3) is 3.71. The zero-order valence-corrected chi connectivity index (χ0v) is 5.71. The lowest BCUT2D eigenvalue weighted by molar-refractivity contribution is -0.109. The van der Waals surface area contributed by atoms with Gasteiger partial charge < -0.3 is 4.79 Å². The summed E-state index contributed by atoms with van der Waals surface area (Å²) in [6.07, 6.45) is 7.24. The van der Waals surface area contributed by atoms with Gasteiger partial charge in [-0.1, -0.05) is 18.2 Å². The topological polar surface area (TPSA) is 17.1 Å². The van der Waals surface area contributed by atoms with Crippen molar-refractivity contribution in [2.45, 2.75) is 13.3 Å². The summed E-state index contributed by atoms with van der Waals surface area (Å²) in [5, 5.41) is 0. The molecule has 1 atom stereocenters. The highest BCUT2D eigenvalue weighted by atomic mass is 16.1. The van der Waals surface area contributed by atoms with Crippen LogP contribution in [0.5, 0.6) is 0 Å². The van der Waals surface area contributed by atoms with Gasteiger partial charge in [0.2, 0.25) is 0 Å². The molecule has 0 aliphatic carbocycles. The van der Waals surface area contributed by atoms with Crippen molar-refractivity contribution in [2.75, 3.05) is 0 Å². The molecule has 50 valence electrons. The molecule has 0 amide bonds. The van der Waals surface area contributed by atoms with Crippen molar-refractivity contribution in [3.8, 4) is 0 Å². The van der Waals surface area contributed by atoms with Gasteiger partial charge in [-0.2, -0.15) is 0 Å². The molecular formula is C8H12O. The van der Waals surface area contributed by atoms with Crippen LogP contribution in [0.25, 0.3) is 0 Å². The summed E-state index contributed by atoms with van der Waals surface area (Å²) in [6, 6.07) is 0. The average molecular weight is 124 g/mol. The van der Waals surface area contributed by atoms with E-state index in [2.05, 4.69) is 6.58 Å². The summed E-state index contributed by atoms with van der Waals surface area (Å²) >= 11 is 0. The molecule has 0 saturated heterocycles. The number of allylic oxidation sites excluding steroid dienone is 3. The van der Waals surface area contributed by atoms with Gasteiger partial charge >= 0.3 is 0 Å². The standard InChI is InChI=1S/C8H12O/c1-3-5-6-8(4-2)7-9/h3-5,7-8H,2,6H2,1H3/b5-3+. The molecule has 0 aromatic rings. The number of rotatable bonds is 4. The van der Waals surface area contributed by atoms with Gasteiger partial charge in [-0.25, -0.2) is 0 Å². The van der Waals surface area contributed by atoms with Crippen LogP contribution in [0, 0.1) is 5.92 Å². The van der Waals surface area contributed by atoms with Gasteiger partial charge in [0.05, 0.1) is 0 Å². The summed E-state index contributed by atoms with van der Waals surface area (Å²) < 4.78 is 0. The maximum atomic E-state index is 10.1. The normalized spacial score (nSPS) is 13.4. The zero-order valence-electron chi connectivity index (χ0n) is 5.71. The third-order valence-electron chi connectivity index (χ3n) is 1.12. The molecule has 1 nitrogen and oxygen atoms in total. The molecule has 9 heavy (non-hydrogen) atoms. The van der Waals surface area contributed by atoms with Crippen molar-refractivity contribution in [2.24, 2.45) is 5.92 Å². The van der Waals surface area contributed by atoms with Crippen molar-refractivity contribution in [1.29, 1.82) is 0 Å². The Morgan fingerprint density at radius 3 is 2.67 bits per heavy atom. The predicted octanol–water partition coefficient (Wildman–Crippen LogP) is 1.95. The minimum absolute atomic E-state index is 0.00111. The van der Waals surface area contributed by atoms with Crippen LogP contribution in [0.3, 0.4) is 0 Å². The Labute approximate surface area is 56.1 Å². The Kier molecular flexibility index (Phi) is 4.79. The van der Waals surface area contributed by atoms with E-state index in [4.69, 9.17) is 0 Å². The summed E-state index contributed by atoms with van der Waals surface area (Å²) in [7, 11) is 0. The largest absolute Gasteiger partial charge is 0.303 e. The predicted molar refractivity (Wildman–Crippen MR) is 39.2 cm³/mol. The highest BCUT2D eigenvalue weighted by Gasteiger charge is 1.95. The number of aldehydes is 1. The van der Waals surface area contributed by atoms with E-state index >= 15 is 0 Å². The highest BCUT2D eigenvalue weighted by molar-refractivity contribution is 5.56. The van der Waals surface area contributed by atoms with Gasteiger partial charge in [0.25, 0.3) is 0 Å². The second kappa shape index (κ2) is 5.29. The van der Waals surface area contributed by atoms with Crippen LogP contribution in [0.15, 0.2) is 24.8 Å². The molecule has 0 heterocycles. The van der Waals surface area contributed by atoms with E-state index in [9.17, 15) is 4.79 Å². The molecule has 0 aromatic carbocycles. The number of hydrogen-bond acceptors (Lipinski definition) is 1. The van der Waals surface area contributed by atoms with Crippen LogP contribution < -0.4 is 0 Å². The van der Waals surface area contributed by atoms with Crippen LogP contribution >= 0.6 is 0 Å². The Morgan fingerprint density at radius 1 is 1.67 bits per heavy atom. The van der Waals surface area contributed by atoms with E-state index < -0.39 is 0 Å². The zero-order chi connectivity index (χ0) is 7.11. The maximum Gasteiger partial charge on any atom is 0.127 e. The van der Waals surface area contributed by atoms with Gasteiger partial charge in [0, 0.05) is 5.92 Å². The Bertz CT molecular complexity index is 106. The lowest BCUT2D eigenvalue weighted by Crippen LogP contribution is -1.93. The molecule has 0 aliphatic heterocycles. The Morgan fingerprint density at radius 2 is 2.33 bits per heavy atom. The van der Waals surface area contributed by atoms with Gasteiger partial charge in [0.1, 0.15) is 6.29 Å². The quantitative estimate of drug-likeness (QED) is 0.413. The Hall–Kier alpha value is -0.850. The molecule has 0 spiro atoms. The van der Waals surface area contributed by atoms with Gasteiger partial charge in [0.15, 0.2) is 0 Å². The van der Waals surface area contributed by atoms with Crippen molar-refractivity contribution >= 4 is 6.29 Å². The molecule has 0 aromatic heterocycles. The van der Waals surface area contributed by atoms with E-state index in [1.165, 1.54) is 0 Å². The molecular weight excluding hydrogens is 112 g/mol. The first-order valence-electron chi connectivity index (χ1n) is 3.04. The van der Waals surface area contributed by atoms with Crippen LogP contribution in [-0.2, 0) is 4.79 Å². The van der Waals surface area contributed by atoms with E-state index in [0.29, 0.717) is 0 Å². The third-order valence-corrected chi connectivity index (χ3v) is 1.12. The summed E-state index contributed by atoms with van der Waals surface area (Å²) in [4.78, 5) is 10.1. The van der Waals surface area contributed by atoms with Gasteiger partial charge in [-0.3, -0.25) is 0 Å². The minimum atomic E-state index is 0.00111. The van der Waals surface area contributed by atoms with E-state index in [1.807, 2.05) is 19.1 Å². The van der Waals surface area contributed by atoms with Crippen molar-refractivity contribution < 1.29 is 4.79 Å². The van der Waals surface area contributed by atoms with Crippen molar-refractivity contribution in [3.05, 3.63) is 24.8 Å². The first-order valence-corrected chi connectivity index (χ1v) is 3.04. The molecule has 0 radical (unpaired) electrons. The highest BCUT2D eigenvalue weighted by Crippen LogP contribution is 2.00. The molecule has 1 unspecified atom stereocenters. The second-order valence-corrected chi connectivity index (χ2v) is 1.84. The van der Waals surface area contributed by atoms with Crippen molar-refractivity contribution in [3.63, 3.8) is 0 Å². The smallest absolute Gasteiger partial charge is 0.127 e. The molecule has 0 bridgehead atoms. The lowest BCUT2D eigenvalue weighted by Gasteiger charge is -1.95. The Balaban J connectivity index is 3.55. The molecule has 0 rings (SSSR count). The fraction of sp³-hybridized carbons (Fsp3) is 0.375. The SMILES string of the molecule is C=CC(C=O)C/C=C/C. The van der Waals surface area contributed by atoms with Crippen LogP contribution in [0.1, 0.15) is 13.3 Å². The van der Waals surface area contributed by atoms with Crippen molar-refractivity contribution in [1.82, 2.24) is 0 Å². The molecule has 0 N–H and O–H groups in total. The lowest BCUT2D eigenvalue weighted by atomic mass is 10.1. The fourth-order valence-corrected chi connectivity index (χ4v) is 0.501. The van der Waals surface area contributed by atoms with Crippen LogP contribution in [0.4, 0.5) is 0 Å². The van der Waals surface area contributed by atoms with Crippen LogP contribution in [0.2, 0.25) is 0 Å². The molecule has 0 saturated carbocycles. The number of carbonyl (C=O) groups excluding carboxylic acids is 1. The van der Waals surface area contributed by atoms with Gasteiger partial charge in [-0.15, -0.1) is 6.58 Å². The molecule has 1 heteroatoms. The van der Waals surface area contributed by atoms with E-state index in [0.717, 1.165) is 12.7 Å². The molecule has 0 fully saturated rings. The maximum absolute atomic E-state index is 10.1. The number of hydrogen-bond donors (Lipinski definition) is 0. The van der Waals surface area contributed by atoms with Gasteiger partial charge in [-0.05, 0) is 13.3 Å². The van der Waals surface area contributed by atoms with E-state index in [1.54, 1.807) is 6.08 Å². The summed E-state index contributed by atoms with van der Waals surface area (Å²) in [6.45, 7) is 5.46. The monoisotopic (exact) mass is 124 g/mol. The average Bonchev–Trinajstić information content (AvgIpc) is 1.91. The minimum Gasteiger partial charge on any atom is -0.303 e. The first kappa shape index (κ1) is 8.15. The second-order valence-electron chi connectivity index (χ2n) is 1.84. The fourth-order valence-electron chi connectivity index (χ4n) is 0.501. The van der Waals surface area contributed by atoms with E-state index in [-0.39, 0.29) is 5.92 Å².